The molecule has 1 N–H and O–H groups in total. The van der Waals surface area contributed by atoms with E-state index in [0.717, 1.165) is 44.3 Å². The minimum Gasteiger partial charge on any atom is -0.493 e. The summed E-state index contributed by atoms with van der Waals surface area (Å²) in [6.45, 7) is 0.611. The number of carboxylic acid groups (broad SMARTS) is 1. The van der Waals surface area contributed by atoms with Crippen molar-refractivity contribution in [3.05, 3.63) is 30.3 Å². The standard InChI is InChI=1S/C19H26O4/c20-18-13-12-15(14-23-16-8-4-3-5-9-16)17(18)10-6-1-2-7-11-19(21)22/h3-5,8-9,15,17H,1-2,6-7,10-14H2,(H,21,22). The average molecular weight is 318 g/mol. The average Bonchev–Trinajstić information content (AvgIpc) is 2.90. The fourth-order valence-corrected chi connectivity index (χ4v) is 3.29. The number of rotatable bonds is 10. The summed E-state index contributed by atoms with van der Waals surface area (Å²) < 4.78 is 5.82. The smallest absolute Gasteiger partial charge is 0.303 e. The Kier molecular flexibility index (Phi) is 7.11. The Morgan fingerprint density at radius 2 is 1.87 bits per heavy atom. The molecule has 0 spiro atoms. The molecular weight excluding hydrogens is 292 g/mol. The second kappa shape index (κ2) is 9.33. The van der Waals surface area contributed by atoms with Gasteiger partial charge in [0.25, 0.3) is 0 Å². The maximum absolute atomic E-state index is 12.1. The third-order valence-electron chi connectivity index (χ3n) is 4.61. The molecule has 0 aromatic heterocycles. The van der Waals surface area contributed by atoms with Crippen LogP contribution < -0.4 is 4.74 Å². The number of hydrogen-bond acceptors (Lipinski definition) is 3. The summed E-state index contributed by atoms with van der Waals surface area (Å²) in [6.07, 6.45) is 6.42. The van der Waals surface area contributed by atoms with Gasteiger partial charge >= 0.3 is 5.97 Å². The van der Waals surface area contributed by atoms with Crippen molar-refractivity contribution in [2.24, 2.45) is 11.8 Å². The Hall–Kier alpha value is -1.84. The minimum atomic E-state index is -0.728. The summed E-state index contributed by atoms with van der Waals surface area (Å²) in [7, 11) is 0. The van der Waals surface area contributed by atoms with Gasteiger partial charge in [0, 0.05) is 24.7 Å². The van der Waals surface area contributed by atoms with Gasteiger partial charge in [-0.25, -0.2) is 0 Å². The topological polar surface area (TPSA) is 63.6 Å². The van der Waals surface area contributed by atoms with Crippen LogP contribution in [0.4, 0.5) is 0 Å². The molecule has 1 saturated carbocycles. The number of para-hydroxylation sites is 1. The minimum absolute atomic E-state index is 0.123. The van der Waals surface area contributed by atoms with Crippen LogP contribution in [-0.4, -0.2) is 23.5 Å². The molecule has 2 rings (SSSR count). The zero-order valence-corrected chi connectivity index (χ0v) is 13.6. The van der Waals surface area contributed by atoms with Crippen molar-refractivity contribution < 1.29 is 19.4 Å². The van der Waals surface area contributed by atoms with Crippen molar-refractivity contribution in [3.63, 3.8) is 0 Å². The molecule has 0 bridgehead atoms. The van der Waals surface area contributed by atoms with Crippen LogP contribution in [0.5, 0.6) is 5.75 Å². The van der Waals surface area contributed by atoms with Gasteiger partial charge in [-0.1, -0.05) is 37.5 Å². The molecule has 0 amide bonds. The zero-order valence-electron chi connectivity index (χ0n) is 13.6. The third kappa shape index (κ3) is 6.05. The Morgan fingerprint density at radius 3 is 2.61 bits per heavy atom. The van der Waals surface area contributed by atoms with Gasteiger partial charge in [0.05, 0.1) is 6.61 Å². The largest absolute Gasteiger partial charge is 0.493 e. The molecule has 0 heterocycles. The van der Waals surface area contributed by atoms with E-state index in [0.29, 0.717) is 24.7 Å². The highest BCUT2D eigenvalue weighted by atomic mass is 16.5. The molecule has 4 heteroatoms. The first kappa shape index (κ1) is 17.5. The van der Waals surface area contributed by atoms with Gasteiger partial charge in [-0.2, -0.15) is 0 Å². The number of hydrogen-bond donors (Lipinski definition) is 1. The number of Topliss-reactive ketones (excluding diaryl/α,β-unsaturated/α-hetero) is 1. The van der Waals surface area contributed by atoms with Gasteiger partial charge < -0.3 is 9.84 Å². The molecular formula is C19H26O4. The van der Waals surface area contributed by atoms with E-state index in [-0.39, 0.29) is 12.3 Å². The Balaban J connectivity index is 1.68. The van der Waals surface area contributed by atoms with E-state index < -0.39 is 5.97 Å². The molecule has 0 aliphatic heterocycles. The van der Waals surface area contributed by atoms with Crippen LogP contribution in [0.15, 0.2) is 30.3 Å². The number of benzene rings is 1. The van der Waals surface area contributed by atoms with E-state index in [1.165, 1.54) is 0 Å². The van der Waals surface area contributed by atoms with Gasteiger partial charge in [0.15, 0.2) is 0 Å². The predicted molar refractivity (Wildman–Crippen MR) is 88.5 cm³/mol. The van der Waals surface area contributed by atoms with Crippen LogP contribution in [-0.2, 0) is 9.59 Å². The Labute approximate surface area is 137 Å². The van der Waals surface area contributed by atoms with Gasteiger partial charge in [0.1, 0.15) is 11.5 Å². The SMILES string of the molecule is O=C(O)CCCCCCC1C(=O)CCC1COc1ccccc1. The number of ketones is 1. The Bertz CT molecular complexity index is 497. The number of ether oxygens (including phenoxy) is 1. The fourth-order valence-electron chi connectivity index (χ4n) is 3.29. The molecule has 1 aliphatic rings. The summed E-state index contributed by atoms with van der Waals surface area (Å²) in [5, 5.41) is 8.61. The highest BCUT2D eigenvalue weighted by Crippen LogP contribution is 2.33. The summed E-state index contributed by atoms with van der Waals surface area (Å²) in [6, 6.07) is 9.73. The van der Waals surface area contributed by atoms with Crippen molar-refractivity contribution in [2.45, 2.75) is 51.4 Å². The molecule has 2 atom stereocenters. The highest BCUT2D eigenvalue weighted by molar-refractivity contribution is 5.83. The van der Waals surface area contributed by atoms with Crippen LogP contribution in [0.3, 0.4) is 0 Å². The van der Waals surface area contributed by atoms with Gasteiger partial charge in [-0.3, -0.25) is 9.59 Å². The lowest BCUT2D eigenvalue weighted by Crippen LogP contribution is -2.20. The van der Waals surface area contributed by atoms with Crippen molar-refractivity contribution in [2.75, 3.05) is 6.61 Å². The number of carbonyl (C=O) groups excluding carboxylic acids is 1. The maximum Gasteiger partial charge on any atom is 0.303 e. The molecule has 1 aromatic carbocycles. The van der Waals surface area contributed by atoms with E-state index in [1.807, 2.05) is 30.3 Å². The lowest BCUT2D eigenvalue weighted by Gasteiger charge is -2.19. The second-order valence-corrected chi connectivity index (χ2v) is 6.34. The molecule has 0 radical (unpaired) electrons. The van der Waals surface area contributed by atoms with Crippen LogP contribution >= 0.6 is 0 Å². The van der Waals surface area contributed by atoms with E-state index in [1.54, 1.807) is 0 Å². The van der Waals surface area contributed by atoms with E-state index in [4.69, 9.17) is 9.84 Å². The quantitative estimate of drug-likeness (QED) is 0.660. The zero-order chi connectivity index (χ0) is 16.5. The van der Waals surface area contributed by atoms with Crippen LogP contribution in [0.1, 0.15) is 51.4 Å². The molecule has 1 aromatic rings. The van der Waals surface area contributed by atoms with E-state index >= 15 is 0 Å². The van der Waals surface area contributed by atoms with E-state index in [9.17, 15) is 9.59 Å². The van der Waals surface area contributed by atoms with Gasteiger partial charge in [-0.05, 0) is 31.4 Å². The molecule has 1 fully saturated rings. The lowest BCUT2D eigenvalue weighted by molar-refractivity contribution is -0.137. The van der Waals surface area contributed by atoms with Crippen molar-refractivity contribution >= 4 is 11.8 Å². The van der Waals surface area contributed by atoms with Crippen LogP contribution in [0, 0.1) is 11.8 Å². The molecule has 126 valence electrons. The van der Waals surface area contributed by atoms with Crippen molar-refractivity contribution in [3.8, 4) is 5.75 Å². The highest BCUT2D eigenvalue weighted by Gasteiger charge is 2.34. The molecule has 4 nitrogen and oxygen atoms in total. The maximum atomic E-state index is 12.1. The normalized spacial score (nSPS) is 20.6. The van der Waals surface area contributed by atoms with Crippen LogP contribution in [0.2, 0.25) is 0 Å². The summed E-state index contributed by atoms with van der Waals surface area (Å²) in [5.74, 6) is 0.950. The molecule has 1 aliphatic carbocycles. The van der Waals surface area contributed by atoms with Crippen molar-refractivity contribution in [1.29, 1.82) is 0 Å². The van der Waals surface area contributed by atoms with E-state index in [2.05, 4.69) is 0 Å². The number of unbranched alkanes of at least 4 members (excludes halogenated alkanes) is 3. The van der Waals surface area contributed by atoms with Crippen LogP contribution in [0.25, 0.3) is 0 Å². The summed E-state index contributed by atoms with van der Waals surface area (Å²) >= 11 is 0. The molecule has 0 saturated heterocycles. The summed E-state index contributed by atoms with van der Waals surface area (Å²) in [5.41, 5.74) is 0. The first-order valence-corrected chi connectivity index (χ1v) is 8.59. The number of carboxylic acids is 1. The molecule has 2 unspecified atom stereocenters. The second-order valence-electron chi connectivity index (χ2n) is 6.34. The first-order chi connectivity index (χ1) is 11.2. The molecule has 23 heavy (non-hydrogen) atoms. The van der Waals surface area contributed by atoms with Crippen molar-refractivity contribution in [1.82, 2.24) is 0 Å². The monoisotopic (exact) mass is 318 g/mol. The fraction of sp³-hybridized carbons (Fsp3) is 0.579. The van der Waals surface area contributed by atoms with Gasteiger partial charge in [-0.15, -0.1) is 0 Å². The van der Waals surface area contributed by atoms with Gasteiger partial charge in [0.2, 0.25) is 0 Å². The third-order valence-corrected chi connectivity index (χ3v) is 4.61. The summed E-state index contributed by atoms with van der Waals surface area (Å²) in [4.78, 5) is 22.5. The number of aliphatic carboxylic acids is 1. The first-order valence-electron chi connectivity index (χ1n) is 8.59. The Morgan fingerprint density at radius 1 is 1.13 bits per heavy atom. The predicted octanol–water partition coefficient (Wildman–Crippen LogP) is 4.09. The lowest BCUT2D eigenvalue weighted by atomic mass is 9.90. The number of carbonyl (C=O) groups is 2.